The van der Waals surface area contributed by atoms with E-state index in [2.05, 4.69) is 10.1 Å². The lowest BCUT2D eigenvalue weighted by Crippen LogP contribution is -2.31. The highest BCUT2D eigenvalue weighted by Gasteiger charge is 2.29. The van der Waals surface area contributed by atoms with E-state index in [1.54, 1.807) is 0 Å². The smallest absolute Gasteiger partial charge is 0.422 e. The van der Waals surface area contributed by atoms with E-state index in [-0.39, 0.29) is 0 Å². The van der Waals surface area contributed by atoms with Gasteiger partial charge in [-0.2, -0.15) is 13.2 Å². The van der Waals surface area contributed by atoms with E-state index < -0.39 is 18.9 Å². The Bertz CT molecular complexity index is 214. The predicted octanol–water partition coefficient (Wildman–Crippen LogP) is 2.47. The van der Waals surface area contributed by atoms with Crippen LogP contribution in [0.5, 0.6) is 0 Å². The van der Waals surface area contributed by atoms with Crippen molar-refractivity contribution in [2.75, 3.05) is 13.2 Å². The Labute approximate surface area is 86.0 Å². The van der Waals surface area contributed by atoms with Gasteiger partial charge in [-0.25, -0.2) is 4.79 Å². The summed E-state index contributed by atoms with van der Waals surface area (Å²) in [6.45, 7) is -1.14. The van der Waals surface area contributed by atoms with Gasteiger partial charge < -0.3 is 10.1 Å². The van der Waals surface area contributed by atoms with Crippen LogP contribution >= 0.6 is 0 Å². The summed E-state index contributed by atoms with van der Waals surface area (Å²) in [6.07, 6.45) is -1.11. The number of rotatable bonds is 4. The molecule has 0 heterocycles. The van der Waals surface area contributed by atoms with Crippen LogP contribution in [-0.4, -0.2) is 25.4 Å². The Morgan fingerprint density at radius 1 is 1.40 bits per heavy atom. The Hall–Kier alpha value is -0.940. The summed E-state index contributed by atoms with van der Waals surface area (Å²) < 4.78 is 38.8. The summed E-state index contributed by atoms with van der Waals surface area (Å²) in [5, 5.41) is 2.29. The zero-order valence-corrected chi connectivity index (χ0v) is 8.27. The van der Waals surface area contributed by atoms with Crippen LogP contribution in [0.15, 0.2) is 0 Å². The fourth-order valence-corrected chi connectivity index (χ4v) is 1.36. The first-order valence-electron chi connectivity index (χ1n) is 4.95. The zero-order chi connectivity index (χ0) is 11.3. The van der Waals surface area contributed by atoms with Gasteiger partial charge in [0.1, 0.15) is 0 Å². The van der Waals surface area contributed by atoms with Crippen molar-refractivity contribution in [1.29, 1.82) is 0 Å². The first-order chi connectivity index (χ1) is 6.97. The maximum atomic E-state index is 11.6. The molecule has 1 aliphatic rings. The van der Waals surface area contributed by atoms with Crippen molar-refractivity contribution in [3.63, 3.8) is 0 Å². The lowest BCUT2D eigenvalue weighted by atomic mass is 9.83. The molecule has 0 aromatic heterocycles. The highest BCUT2D eigenvalue weighted by atomic mass is 19.4. The molecule has 1 saturated carbocycles. The van der Waals surface area contributed by atoms with Gasteiger partial charge in [0.2, 0.25) is 0 Å². The van der Waals surface area contributed by atoms with Gasteiger partial charge in [-0.3, -0.25) is 0 Å². The van der Waals surface area contributed by atoms with Gasteiger partial charge in [0.15, 0.2) is 6.61 Å². The summed E-state index contributed by atoms with van der Waals surface area (Å²) in [5.74, 6) is 0.618. The van der Waals surface area contributed by atoms with Crippen LogP contribution in [0.3, 0.4) is 0 Å². The molecular formula is C9H14F3NO2. The third-order valence-corrected chi connectivity index (χ3v) is 2.41. The summed E-state index contributed by atoms with van der Waals surface area (Å²) in [4.78, 5) is 10.7. The van der Waals surface area contributed by atoms with Gasteiger partial charge in [-0.15, -0.1) is 0 Å². The molecule has 0 aliphatic heterocycles. The maximum absolute atomic E-state index is 11.6. The van der Waals surface area contributed by atoms with Crippen LogP contribution in [-0.2, 0) is 4.74 Å². The largest absolute Gasteiger partial charge is 0.440 e. The van der Waals surface area contributed by atoms with Crippen molar-refractivity contribution < 1.29 is 22.7 Å². The molecule has 0 spiro atoms. The second-order valence-electron chi connectivity index (χ2n) is 3.70. The molecule has 1 fully saturated rings. The zero-order valence-electron chi connectivity index (χ0n) is 8.27. The van der Waals surface area contributed by atoms with Crippen molar-refractivity contribution in [2.24, 2.45) is 5.92 Å². The van der Waals surface area contributed by atoms with E-state index in [4.69, 9.17) is 0 Å². The fourth-order valence-electron chi connectivity index (χ4n) is 1.36. The molecule has 1 N–H and O–H groups in total. The molecule has 0 saturated heterocycles. The van der Waals surface area contributed by atoms with Crippen molar-refractivity contribution in [2.45, 2.75) is 31.9 Å². The Balaban J connectivity index is 1.98. The number of halogens is 3. The standard InChI is InChI=1S/C9H14F3NO2/c10-9(11,12)6-15-8(14)13-5-4-7-2-1-3-7/h7H,1-6H2,(H,13,14). The minimum atomic E-state index is -4.45. The van der Waals surface area contributed by atoms with Gasteiger partial charge in [-0.05, 0) is 12.3 Å². The first kappa shape index (κ1) is 12.1. The minimum absolute atomic E-state index is 0.390. The highest BCUT2D eigenvalue weighted by Crippen LogP contribution is 2.28. The number of amides is 1. The second kappa shape index (κ2) is 5.23. The molecule has 1 aliphatic carbocycles. The lowest BCUT2D eigenvalue weighted by Gasteiger charge is -2.24. The molecule has 15 heavy (non-hydrogen) atoms. The number of carbonyl (C=O) groups is 1. The molecule has 1 rings (SSSR count). The Kier molecular flexibility index (Phi) is 4.23. The molecule has 0 unspecified atom stereocenters. The SMILES string of the molecule is O=C(NCCC1CCC1)OCC(F)(F)F. The van der Waals surface area contributed by atoms with Crippen molar-refractivity contribution in [3.8, 4) is 0 Å². The maximum Gasteiger partial charge on any atom is 0.422 e. The van der Waals surface area contributed by atoms with E-state index >= 15 is 0 Å². The van der Waals surface area contributed by atoms with E-state index in [1.165, 1.54) is 6.42 Å². The normalized spacial score (nSPS) is 17.0. The van der Waals surface area contributed by atoms with Crippen molar-refractivity contribution in [1.82, 2.24) is 5.32 Å². The predicted molar refractivity (Wildman–Crippen MR) is 47.4 cm³/mol. The van der Waals surface area contributed by atoms with Crippen LogP contribution in [0, 0.1) is 5.92 Å². The van der Waals surface area contributed by atoms with Gasteiger partial charge in [-0.1, -0.05) is 19.3 Å². The lowest BCUT2D eigenvalue weighted by molar-refractivity contribution is -0.160. The first-order valence-corrected chi connectivity index (χ1v) is 4.95. The Morgan fingerprint density at radius 2 is 2.07 bits per heavy atom. The van der Waals surface area contributed by atoms with Crippen LogP contribution < -0.4 is 5.32 Å². The van der Waals surface area contributed by atoms with Crippen molar-refractivity contribution >= 4 is 6.09 Å². The quantitative estimate of drug-likeness (QED) is 0.798. The van der Waals surface area contributed by atoms with E-state index in [0.717, 1.165) is 19.3 Å². The van der Waals surface area contributed by atoms with E-state index in [0.29, 0.717) is 12.5 Å². The van der Waals surface area contributed by atoms with Crippen LogP contribution in [0.4, 0.5) is 18.0 Å². The van der Waals surface area contributed by atoms with Crippen LogP contribution in [0.2, 0.25) is 0 Å². The molecule has 1 amide bonds. The second-order valence-corrected chi connectivity index (χ2v) is 3.70. The molecule has 0 bridgehead atoms. The van der Waals surface area contributed by atoms with Crippen LogP contribution in [0.1, 0.15) is 25.7 Å². The number of hydrogen-bond donors (Lipinski definition) is 1. The number of nitrogens with one attached hydrogen (secondary N) is 1. The summed E-state index contributed by atoms with van der Waals surface area (Å²) >= 11 is 0. The number of hydrogen-bond acceptors (Lipinski definition) is 2. The van der Waals surface area contributed by atoms with Gasteiger partial charge >= 0.3 is 12.3 Å². The van der Waals surface area contributed by atoms with Gasteiger partial charge in [0.25, 0.3) is 0 Å². The summed E-state index contributed by atoms with van der Waals surface area (Å²) in [7, 11) is 0. The van der Waals surface area contributed by atoms with Gasteiger partial charge in [0.05, 0.1) is 0 Å². The molecule has 0 aromatic rings. The third-order valence-electron chi connectivity index (χ3n) is 2.41. The van der Waals surface area contributed by atoms with Crippen molar-refractivity contribution in [3.05, 3.63) is 0 Å². The molecule has 0 radical (unpaired) electrons. The Morgan fingerprint density at radius 3 is 2.53 bits per heavy atom. The summed E-state index contributed by atoms with van der Waals surface area (Å²) in [6, 6.07) is 0. The third kappa shape index (κ3) is 5.49. The molecule has 88 valence electrons. The summed E-state index contributed by atoms with van der Waals surface area (Å²) in [5.41, 5.74) is 0. The van der Waals surface area contributed by atoms with E-state index in [1.807, 2.05) is 0 Å². The fraction of sp³-hybridized carbons (Fsp3) is 0.889. The molecule has 6 heteroatoms. The number of alkyl carbamates (subject to hydrolysis) is 1. The average molecular weight is 225 g/mol. The highest BCUT2D eigenvalue weighted by molar-refractivity contribution is 5.67. The molecule has 0 atom stereocenters. The average Bonchev–Trinajstić information content (AvgIpc) is 2.04. The van der Waals surface area contributed by atoms with Gasteiger partial charge in [0, 0.05) is 6.54 Å². The number of alkyl halides is 3. The molecule has 3 nitrogen and oxygen atoms in total. The number of carbonyl (C=O) groups excluding carboxylic acids is 1. The topological polar surface area (TPSA) is 38.3 Å². The van der Waals surface area contributed by atoms with Crippen LogP contribution in [0.25, 0.3) is 0 Å². The monoisotopic (exact) mass is 225 g/mol. The molecule has 0 aromatic carbocycles. The minimum Gasteiger partial charge on any atom is -0.440 e. The number of ether oxygens (including phenoxy) is 1. The molecular weight excluding hydrogens is 211 g/mol. The van der Waals surface area contributed by atoms with E-state index in [9.17, 15) is 18.0 Å².